The quantitative estimate of drug-likeness (QED) is 0.491. The Morgan fingerprint density at radius 2 is 1.81 bits per heavy atom. The van der Waals surface area contributed by atoms with Gasteiger partial charge in [0.15, 0.2) is 11.5 Å². The van der Waals surface area contributed by atoms with Crippen molar-refractivity contribution in [2.75, 3.05) is 26.4 Å². The molecule has 2 unspecified atom stereocenters. The zero-order chi connectivity index (χ0) is 25.3. The van der Waals surface area contributed by atoms with Gasteiger partial charge in [0, 0.05) is 25.8 Å². The Morgan fingerprint density at radius 3 is 2.53 bits per heavy atom. The standard InChI is InChI=1S/C28H35FN2O5/c1-2-34-18-8-17-31(28(33)25-19-35-23-11-6-7-12-24(23)36-25)26(20-13-15-21(29)16-14-20)27(32)30-22-9-4-3-5-10-22/h6-7,11-16,22,25-26H,2-5,8-10,17-19H2,1H3,(H,30,32). The average molecular weight is 499 g/mol. The van der Waals surface area contributed by atoms with Crippen molar-refractivity contribution in [3.63, 3.8) is 0 Å². The lowest BCUT2D eigenvalue weighted by Gasteiger charge is -2.36. The second-order valence-electron chi connectivity index (χ2n) is 9.24. The summed E-state index contributed by atoms with van der Waals surface area (Å²) in [6, 6.07) is 12.1. The van der Waals surface area contributed by atoms with E-state index in [1.54, 1.807) is 24.3 Å². The first kappa shape index (κ1) is 25.9. The largest absolute Gasteiger partial charge is 0.485 e. The maximum absolute atomic E-state index is 13.9. The van der Waals surface area contributed by atoms with Gasteiger partial charge in [-0.05, 0) is 56.0 Å². The van der Waals surface area contributed by atoms with Crippen LogP contribution in [0.1, 0.15) is 57.1 Å². The van der Waals surface area contributed by atoms with Gasteiger partial charge in [0.25, 0.3) is 5.91 Å². The number of benzene rings is 2. The Kier molecular flexibility index (Phi) is 9.17. The maximum atomic E-state index is 13.9. The van der Waals surface area contributed by atoms with Gasteiger partial charge in [0.05, 0.1) is 0 Å². The van der Waals surface area contributed by atoms with Crippen LogP contribution in [0.3, 0.4) is 0 Å². The van der Waals surface area contributed by atoms with Crippen molar-refractivity contribution in [3.8, 4) is 11.5 Å². The number of nitrogens with one attached hydrogen (secondary N) is 1. The number of halogens is 1. The highest BCUT2D eigenvalue weighted by atomic mass is 19.1. The lowest BCUT2D eigenvalue weighted by Crippen LogP contribution is -2.52. The molecule has 1 aliphatic heterocycles. The van der Waals surface area contributed by atoms with Gasteiger partial charge in [0.1, 0.15) is 18.5 Å². The first-order chi connectivity index (χ1) is 17.6. The number of hydrogen-bond acceptors (Lipinski definition) is 5. The zero-order valence-electron chi connectivity index (χ0n) is 20.8. The molecule has 36 heavy (non-hydrogen) atoms. The third kappa shape index (κ3) is 6.55. The fourth-order valence-corrected chi connectivity index (χ4v) is 4.82. The predicted octanol–water partition coefficient (Wildman–Crippen LogP) is 4.41. The topological polar surface area (TPSA) is 77.1 Å². The second kappa shape index (κ2) is 12.7. The number of carbonyl (C=O) groups is 2. The van der Waals surface area contributed by atoms with Crippen LogP contribution in [0.25, 0.3) is 0 Å². The summed E-state index contributed by atoms with van der Waals surface area (Å²) < 4.78 is 31.0. The minimum Gasteiger partial charge on any atom is -0.485 e. The van der Waals surface area contributed by atoms with Crippen molar-refractivity contribution in [1.29, 1.82) is 0 Å². The van der Waals surface area contributed by atoms with E-state index >= 15 is 0 Å². The van der Waals surface area contributed by atoms with Crippen LogP contribution in [-0.2, 0) is 14.3 Å². The molecule has 1 N–H and O–H groups in total. The summed E-state index contributed by atoms with van der Waals surface area (Å²) in [5.74, 6) is 0.0421. The van der Waals surface area contributed by atoms with E-state index in [9.17, 15) is 14.0 Å². The van der Waals surface area contributed by atoms with E-state index in [1.807, 2.05) is 19.1 Å². The number of nitrogens with zero attached hydrogens (tertiary/aromatic N) is 1. The van der Waals surface area contributed by atoms with Gasteiger partial charge in [-0.25, -0.2) is 4.39 Å². The Balaban J connectivity index is 1.61. The monoisotopic (exact) mass is 498 g/mol. The second-order valence-corrected chi connectivity index (χ2v) is 9.24. The van der Waals surface area contributed by atoms with Crippen LogP contribution < -0.4 is 14.8 Å². The van der Waals surface area contributed by atoms with Crippen LogP contribution in [0.2, 0.25) is 0 Å². The molecule has 0 saturated heterocycles. The van der Waals surface area contributed by atoms with Crippen LogP contribution in [0.5, 0.6) is 11.5 Å². The van der Waals surface area contributed by atoms with E-state index < -0.39 is 18.0 Å². The normalized spacial score (nSPS) is 18.3. The lowest BCUT2D eigenvalue weighted by molar-refractivity contribution is -0.149. The number of amides is 2. The van der Waals surface area contributed by atoms with E-state index in [2.05, 4.69) is 5.32 Å². The first-order valence-electron chi connectivity index (χ1n) is 12.9. The molecule has 1 heterocycles. The number of ether oxygens (including phenoxy) is 3. The molecule has 0 spiro atoms. The van der Waals surface area contributed by atoms with E-state index in [0.29, 0.717) is 36.7 Å². The third-order valence-corrected chi connectivity index (χ3v) is 6.66. The number of hydrogen-bond donors (Lipinski definition) is 1. The molecule has 2 aromatic rings. The molecule has 1 fully saturated rings. The van der Waals surface area contributed by atoms with Crippen molar-refractivity contribution in [1.82, 2.24) is 10.2 Å². The number of rotatable bonds is 10. The van der Waals surface area contributed by atoms with Crippen LogP contribution in [-0.4, -0.2) is 55.2 Å². The number of fused-ring (bicyclic) bond motifs is 1. The maximum Gasteiger partial charge on any atom is 0.268 e. The van der Waals surface area contributed by atoms with Crippen molar-refractivity contribution in [3.05, 3.63) is 59.9 Å². The zero-order valence-corrected chi connectivity index (χ0v) is 20.8. The van der Waals surface area contributed by atoms with Crippen molar-refractivity contribution < 1.29 is 28.2 Å². The lowest BCUT2D eigenvalue weighted by atomic mass is 9.94. The minimum atomic E-state index is -0.928. The Hall–Kier alpha value is -3.13. The van der Waals surface area contributed by atoms with Crippen molar-refractivity contribution in [2.24, 2.45) is 0 Å². The smallest absolute Gasteiger partial charge is 0.268 e. The molecule has 7 nitrogen and oxygen atoms in total. The molecule has 2 aliphatic rings. The van der Waals surface area contributed by atoms with E-state index in [0.717, 1.165) is 32.1 Å². The average Bonchev–Trinajstić information content (AvgIpc) is 2.91. The fourth-order valence-electron chi connectivity index (χ4n) is 4.82. The highest BCUT2D eigenvalue weighted by Crippen LogP contribution is 2.33. The van der Waals surface area contributed by atoms with Gasteiger partial charge in [-0.3, -0.25) is 9.59 Å². The van der Waals surface area contributed by atoms with Crippen LogP contribution in [0.15, 0.2) is 48.5 Å². The first-order valence-corrected chi connectivity index (χ1v) is 12.9. The van der Waals surface area contributed by atoms with E-state index in [1.165, 1.54) is 17.0 Å². The summed E-state index contributed by atoms with van der Waals surface area (Å²) in [7, 11) is 0. The van der Waals surface area contributed by atoms with Crippen molar-refractivity contribution >= 4 is 11.8 Å². The molecular weight excluding hydrogens is 463 g/mol. The summed E-state index contributed by atoms with van der Waals surface area (Å²) in [6.45, 7) is 3.24. The SMILES string of the molecule is CCOCCCN(C(=O)C1COc2ccccc2O1)C(C(=O)NC1CCCCC1)c1ccc(F)cc1. The fraction of sp³-hybridized carbons (Fsp3) is 0.500. The summed E-state index contributed by atoms with van der Waals surface area (Å²) in [6.07, 6.45) is 4.75. The highest BCUT2D eigenvalue weighted by molar-refractivity contribution is 5.91. The molecule has 1 saturated carbocycles. The molecule has 0 radical (unpaired) electrons. The Labute approximate surface area is 211 Å². The summed E-state index contributed by atoms with van der Waals surface area (Å²) in [5.41, 5.74) is 0.548. The molecule has 0 bridgehead atoms. The molecule has 8 heteroatoms. The molecular formula is C28H35FN2O5. The molecule has 0 aromatic heterocycles. The molecule has 2 atom stereocenters. The van der Waals surface area contributed by atoms with Crippen LogP contribution >= 0.6 is 0 Å². The Morgan fingerprint density at radius 1 is 1.08 bits per heavy atom. The number of carbonyl (C=O) groups excluding carboxylic acids is 2. The summed E-state index contributed by atoms with van der Waals surface area (Å²) in [4.78, 5) is 29.1. The van der Waals surface area contributed by atoms with Gasteiger partial charge >= 0.3 is 0 Å². The molecule has 2 aromatic carbocycles. The summed E-state index contributed by atoms with van der Waals surface area (Å²) in [5, 5.41) is 3.16. The van der Waals surface area contributed by atoms with E-state index in [-0.39, 0.29) is 31.0 Å². The van der Waals surface area contributed by atoms with Gasteiger partial charge in [0.2, 0.25) is 12.0 Å². The minimum absolute atomic E-state index is 0.0399. The summed E-state index contributed by atoms with van der Waals surface area (Å²) >= 11 is 0. The molecule has 4 rings (SSSR count). The molecule has 1 aliphatic carbocycles. The highest BCUT2D eigenvalue weighted by Gasteiger charge is 2.38. The molecule has 2 amide bonds. The van der Waals surface area contributed by atoms with Gasteiger partial charge in [-0.2, -0.15) is 0 Å². The van der Waals surface area contributed by atoms with Gasteiger partial charge in [-0.1, -0.05) is 43.5 Å². The van der Waals surface area contributed by atoms with Crippen LogP contribution in [0.4, 0.5) is 4.39 Å². The predicted molar refractivity (Wildman–Crippen MR) is 133 cm³/mol. The third-order valence-electron chi connectivity index (χ3n) is 6.66. The van der Waals surface area contributed by atoms with Crippen LogP contribution in [0, 0.1) is 5.82 Å². The van der Waals surface area contributed by atoms with Gasteiger partial charge < -0.3 is 24.4 Å². The Bertz CT molecular complexity index is 1010. The van der Waals surface area contributed by atoms with E-state index in [4.69, 9.17) is 14.2 Å². The van der Waals surface area contributed by atoms with Crippen molar-refractivity contribution in [2.45, 2.75) is 63.6 Å². The number of para-hydroxylation sites is 2. The van der Waals surface area contributed by atoms with Gasteiger partial charge in [-0.15, -0.1) is 0 Å². The molecule has 194 valence electrons.